The van der Waals surface area contributed by atoms with Crippen LogP contribution in [0.15, 0.2) is 36.8 Å². The molecule has 0 aliphatic rings. The molecule has 3 aromatic rings. The van der Waals surface area contributed by atoms with Gasteiger partial charge in [-0.1, -0.05) is 24.3 Å². The summed E-state index contributed by atoms with van der Waals surface area (Å²) >= 11 is 0. The maximum Gasteiger partial charge on any atom is 0.320 e. The molecule has 1 amide bonds. The topological polar surface area (TPSA) is 121 Å². The standard InChI is InChI=1S/C15H15N7O3/c1-10-5-3-4-6-11(10)7-21-9-16-15(19-21)17-14(23)13-12(22(24)25)8-20(2)18-13/h3-6,8-9H,7H2,1-2H3,(H,17,19,23). The highest BCUT2D eigenvalue weighted by atomic mass is 16.6. The summed E-state index contributed by atoms with van der Waals surface area (Å²) in [4.78, 5) is 26.5. The number of nitro groups is 1. The number of benzene rings is 1. The number of nitrogens with zero attached hydrogens (tertiary/aromatic N) is 6. The Hall–Kier alpha value is -3.56. The third-order valence-electron chi connectivity index (χ3n) is 3.58. The predicted octanol–water partition coefficient (Wildman–Crippen LogP) is 1.53. The highest BCUT2D eigenvalue weighted by Crippen LogP contribution is 2.17. The summed E-state index contributed by atoms with van der Waals surface area (Å²) in [5.74, 6) is -0.681. The van der Waals surface area contributed by atoms with Gasteiger partial charge in [0.2, 0.25) is 11.6 Å². The van der Waals surface area contributed by atoms with Gasteiger partial charge < -0.3 is 0 Å². The van der Waals surface area contributed by atoms with Gasteiger partial charge in [-0.2, -0.15) is 5.10 Å². The molecule has 0 saturated heterocycles. The van der Waals surface area contributed by atoms with Crippen molar-refractivity contribution >= 4 is 17.5 Å². The Morgan fingerprint density at radius 3 is 2.80 bits per heavy atom. The molecule has 10 nitrogen and oxygen atoms in total. The normalized spacial score (nSPS) is 10.6. The zero-order chi connectivity index (χ0) is 18.0. The highest BCUT2D eigenvalue weighted by Gasteiger charge is 2.25. The van der Waals surface area contributed by atoms with Crippen LogP contribution in [0, 0.1) is 17.0 Å². The lowest BCUT2D eigenvalue weighted by Gasteiger charge is -2.04. The Balaban J connectivity index is 1.74. The fourth-order valence-corrected chi connectivity index (χ4v) is 2.32. The number of aryl methyl sites for hydroxylation is 2. The summed E-state index contributed by atoms with van der Waals surface area (Å²) in [5, 5.41) is 21.4. The molecule has 3 rings (SSSR count). The molecule has 0 radical (unpaired) electrons. The molecule has 0 saturated carbocycles. The van der Waals surface area contributed by atoms with E-state index in [1.807, 2.05) is 31.2 Å². The molecular weight excluding hydrogens is 326 g/mol. The van der Waals surface area contributed by atoms with Gasteiger partial charge in [0.1, 0.15) is 12.5 Å². The summed E-state index contributed by atoms with van der Waals surface area (Å²) in [5.41, 5.74) is 1.53. The molecule has 0 atom stereocenters. The van der Waals surface area contributed by atoms with Crippen LogP contribution >= 0.6 is 0 Å². The van der Waals surface area contributed by atoms with Crippen molar-refractivity contribution in [1.29, 1.82) is 0 Å². The minimum atomic E-state index is -0.735. The molecule has 0 bridgehead atoms. The lowest BCUT2D eigenvalue weighted by Crippen LogP contribution is -2.16. The van der Waals surface area contributed by atoms with Gasteiger partial charge in [0.05, 0.1) is 11.5 Å². The first-order valence-electron chi connectivity index (χ1n) is 7.37. The second-order valence-corrected chi connectivity index (χ2v) is 5.44. The monoisotopic (exact) mass is 341 g/mol. The van der Waals surface area contributed by atoms with Crippen molar-refractivity contribution in [2.45, 2.75) is 13.5 Å². The van der Waals surface area contributed by atoms with E-state index in [1.54, 1.807) is 4.68 Å². The Morgan fingerprint density at radius 1 is 1.32 bits per heavy atom. The fraction of sp³-hybridized carbons (Fsp3) is 0.200. The van der Waals surface area contributed by atoms with E-state index in [4.69, 9.17) is 0 Å². The summed E-state index contributed by atoms with van der Waals surface area (Å²) in [6.07, 6.45) is 2.65. The van der Waals surface area contributed by atoms with Crippen LogP contribution in [-0.2, 0) is 13.6 Å². The van der Waals surface area contributed by atoms with Crippen LogP contribution in [0.3, 0.4) is 0 Å². The van der Waals surface area contributed by atoms with Crippen molar-refractivity contribution in [2.75, 3.05) is 5.32 Å². The van der Waals surface area contributed by atoms with Gasteiger partial charge in [-0.3, -0.25) is 24.9 Å². The van der Waals surface area contributed by atoms with Gasteiger partial charge in [0.25, 0.3) is 5.91 Å². The predicted molar refractivity (Wildman–Crippen MR) is 88.1 cm³/mol. The van der Waals surface area contributed by atoms with E-state index in [1.165, 1.54) is 24.3 Å². The Kier molecular flexibility index (Phi) is 4.25. The third kappa shape index (κ3) is 3.52. The van der Waals surface area contributed by atoms with Gasteiger partial charge in [-0.25, -0.2) is 9.67 Å². The molecule has 0 aliphatic carbocycles. The van der Waals surface area contributed by atoms with Crippen molar-refractivity contribution in [2.24, 2.45) is 7.05 Å². The molecule has 0 aliphatic heterocycles. The van der Waals surface area contributed by atoms with Crippen molar-refractivity contribution in [1.82, 2.24) is 24.5 Å². The van der Waals surface area contributed by atoms with Crippen molar-refractivity contribution < 1.29 is 9.72 Å². The number of hydrogen-bond acceptors (Lipinski definition) is 6. The Bertz CT molecular complexity index is 944. The zero-order valence-corrected chi connectivity index (χ0v) is 13.6. The van der Waals surface area contributed by atoms with Gasteiger partial charge in [-0.15, -0.1) is 5.10 Å². The summed E-state index contributed by atoms with van der Waals surface area (Å²) in [7, 11) is 1.50. The minimum absolute atomic E-state index is 0.0542. The molecule has 2 aromatic heterocycles. The number of carbonyl (C=O) groups excluding carboxylic acids is 1. The number of carbonyl (C=O) groups is 1. The van der Waals surface area contributed by atoms with Crippen molar-refractivity contribution in [3.05, 3.63) is 63.7 Å². The summed E-state index contributed by atoms with van der Waals surface area (Å²) in [6.45, 7) is 2.49. The van der Waals surface area contributed by atoms with Crippen LogP contribution in [0.4, 0.5) is 11.6 Å². The second-order valence-electron chi connectivity index (χ2n) is 5.44. The van der Waals surface area contributed by atoms with Gasteiger partial charge in [0, 0.05) is 7.05 Å². The molecule has 0 spiro atoms. The SMILES string of the molecule is Cc1ccccc1Cn1cnc(NC(=O)c2nn(C)cc2[N+](=O)[O-])n1. The first-order valence-corrected chi connectivity index (χ1v) is 7.37. The quantitative estimate of drug-likeness (QED) is 0.555. The van der Waals surface area contributed by atoms with E-state index < -0.39 is 10.8 Å². The Labute approximate surface area is 142 Å². The number of aromatic nitrogens is 5. The maximum absolute atomic E-state index is 12.2. The van der Waals surface area contributed by atoms with Gasteiger partial charge >= 0.3 is 5.69 Å². The number of anilines is 1. The van der Waals surface area contributed by atoms with Gasteiger partial charge in [0.15, 0.2) is 0 Å². The van der Waals surface area contributed by atoms with Gasteiger partial charge in [-0.05, 0) is 18.1 Å². The number of hydrogen-bond donors (Lipinski definition) is 1. The van der Waals surface area contributed by atoms with Crippen LogP contribution in [0.25, 0.3) is 0 Å². The highest BCUT2D eigenvalue weighted by molar-refractivity contribution is 6.04. The zero-order valence-electron chi connectivity index (χ0n) is 13.6. The largest absolute Gasteiger partial charge is 0.320 e. The molecule has 0 unspecified atom stereocenters. The maximum atomic E-state index is 12.2. The molecule has 1 aromatic carbocycles. The van der Waals surface area contributed by atoms with Crippen LogP contribution in [0.5, 0.6) is 0 Å². The van der Waals surface area contributed by atoms with Crippen molar-refractivity contribution in [3.63, 3.8) is 0 Å². The van der Waals surface area contributed by atoms with E-state index in [2.05, 4.69) is 20.5 Å². The number of rotatable bonds is 5. The molecule has 25 heavy (non-hydrogen) atoms. The van der Waals surface area contributed by atoms with E-state index in [0.717, 1.165) is 11.1 Å². The molecule has 0 fully saturated rings. The van der Waals surface area contributed by atoms with E-state index >= 15 is 0 Å². The lowest BCUT2D eigenvalue weighted by molar-refractivity contribution is -0.385. The first kappa shape index (κ1) is 16.3. The summed E-state index contributed by atoms with van der Waals surface area (Å²) < 4.78 is 2.78. The van der Waals surface area contributed by atoms with E-state index in [9.17, 15) is 14.9 Å². The van der Waals surface area contributed by atoms with E-state index in [0.29, 0.717) is 6.54 Å². The van der Waals surface area contributed by atoms with Crippen LogP contribution in [-0.4, -0.2) is 35.4 Å². The average molecular weight is 341 g/mol. The molecule has 10 heteroatoms. The summed E-state index contributed by atoms with van der Waals surface area (Å²) in [6, 6.07) is 7.86. The van der Waals surface area contributed by atoms with E-state index in [-0.39, 0.29) is 17.3 Å². The molecule has 128 valence electrons. The second kappa shape index (κ2) is 6.51. The Morgan fingerprint density at radius 2 is 2.08 bits per heavy atom. The van der Waals surface area contributed by atoms with Crippen molar-refractivity contribution in [3.8, 4) is 0 Å². The lowest BCUT2D eigenvalue weighted by atomic mass is 10.1. The molecule has 2 heterocycles. The van der Waals surface area contributed by atoms with Crippen LogP contribution in [0.2, 0.25) is 0 Å². The number of amides is 1. The average Bonchev–Trinajstić information content (AvgIpc) is 3.16. The molecule has 1 N–H and O–H groups in total. The number of nitrogens with one attached hydrogen (secondary N) is 1. The van der Waals surface area contributed by atoms with Crippen LogP contribution < -0.4 is 5.32 Å². The molecular formula is C15H15N7O3. The first-order chi connectivity index (χ1) is 11.9. The van der Waals surface area contributed by atoms with Crippen LogP contribution in [0.1, 0.15) is 21.6 Å². The minimum Gasteiger partial charge on any atom is -0.287 e. The smallest absolute Gasteiger partial charge is 0.287 e. The third-order valence-corrected chi connectivity index (χ3v) is 3.58. The fourth-order valence-electron chi connectivity index (χ4n) is 2.32.